The molecule has 3 amide bonds. The van der Waals surface area contributed by atoms with Crippen LogP contribution < -0.4 is 10.1 Å². The highest BCUT2D eigenvalue weighted by atomic mass is 35.5. The molecule has 8 nitrogen and oxygen atoms in total. The molecule has 274 valence electrons. The molecule has 2 aromatic carbocycles. The smallest absolute Gasteiger partial charge is 0.326 e. The molecule has 3 heterocycles. The normalized spacial score (nSPS) is 21.1. The number of hydrogen-bond donors (Lipinski definition) is 1. The first-order chi connectivity index (χ1) is 24.2. The first kappa shape index (κ1) is 38.6. The van der Waals surface area contributed by atoms with Crippen LogP contribution in [0.2, 0.25) is 10.0 Å². The quantitative estimate of drug-likeness (QED) is 0.199. The molecule has 5 rings (SSSR count). The molecular formula is C41H53Cl2N5O3. The molecule has 2 aliphatic heterocycles. The van der Waals surface area contributed by atoms with E-state index in [0.29, 0.717) is 59.9 Å². The summed E-state index contributed by atoms with van der Waals surface area (Å²) in [5, 5.41) is 4.29. The Morgan fingerprint density at radius 3 is 2.12 bits per heavy atom. The highest BCUT2D eigenvalue weighted by molar-refractivity contribution is 6.30. The number of nitrogens with one attached hydrogen (secondary N) is 1. The highest BCUT2D eigenvalue weighted by Crippen LogP contribution is 2.54. The van der Waals surface area contributed by atoms with Gasteiger partial charge in [-0.1, -0.05) is 88.0 Å². The molecule has 0 spiro atoms. The first-order valence-electron chi connectivity index (χ1n) is 18.3. The predicted molar refractivity (Wildman–Crippen MR) is 207 cm³/mol. The molecule has 1 N–H and O–H groups in total. The topological polar surface area (TPSA) is 87.1 Å². The van der Waals surface area contributed by atoms with Gasteiger partial charge in [-0.2, -0.15) is 0 Å². The Labute approximate surface area is 314 Å². The standard InChI is InChI=1S/C41H53Cl2N5O3/c1-8-10-11-22-44-36(49)25-28-20-23-47(24-21-28)38(50)48-37(33-27-45-35(39(3,4)5)26-34(33)51-9-2)46-40(6,29-12-16-31(42)17-13-29)41(48,7)30-14-18-32(43)19-15-30/h12-19,26-28H,8-11,20-25H2,1-7H3,(H,44,49)/t40-,41+/m0/s1. The molecule has 2 atom stereocenters. The maximum absolute atomic E-state index is 15.2. The minimum absolute atomic E-state index is 0.0912. The Morgan fingerprint density at radius 2 is 1.55 bits per heavy atom. The van der Waals surface area contributed by atoms with Crippen molar-refractivity contribution in [2.24, 2.45) is 10.9 Å². The molecule has 0 unspecified atom stereocenters. The van der Waals surface area contributed by atoms with E-state index < -0.39 is 11.1 Å². The van der Waals surface area contributed by atoms with Crippen molar-refractivity contribution >= 4 is 41.0 Å². The Bertz CT molecular complexity index is 1710. The van der Waals surface area contributed by atoms with Gasteiger partial charge in [-0.3, -0.25) is 19.7 Å². The molecule has 1 saturated heterocycles. The second kappa shape index (κ2) is 16.0. The predicted octanol–water partition coefficient (Wildman–Crippen LogP) is 9.51. The van der Waals surface area contributed by atoms with Crippen LogP contribution in [-0.4, -0.2) is 58.8 Å². The van der Waals surface area contributed by atoms with Crippen molar-refractivity contribution in [2.45, 2.75) is 103 Å². The lowest BCUT2D eigenvalue weighted by Gasteiger charge is -2.47. The van der Waals surface area contributed by atoms with Gasteiger partial charge in [-0.05, 0) is 81.3 Å². The summed E-state index contributed by atoms with van der Waals surface area (Å²) in [5.41, 5.74) is 1.11. The maximum Gasteiger partial charge on any atom is 0.326 e. The van der Waals surface area contributed by atoms with Gasteiger partial charge in [0.05, 0.1) is 12.2 Å². The third kappa shape index (κ3) is 8.07. The second-order valence-corrected chi connectivity index (χ2v) is 16.0. The van der Waals surface area contributed by atoms with Crippen LogP contribution in [0.15, 0.2) is 65.8 Å². The van der Waals surface area contributed by atoms with E-state index in [9.17, 15) is 4.79 Å². The second-order valence-electron chi connectivity index (χ2n) is 15.2. The van der Waals surface area contributed by atoms with E-state index in [4.69, 9.17) is 37.9 Å². The fourth-order valence-electron chi connectivity index (χ4n) is 7.26. The molecule has 1 fully saturated rings. The zero-order chi connectivity index (χ0) is 37.0. The molecule has 1 aromatic heterocycles. The highest BCUT2D eigenvalue weighted by Gasteiger charge is 2.60. The summed E-state index contributed by atoms with van der Waals surface area (Å²) in [6, 6.07) is 17.2. The zero-order valence-electron chi connectivity index (χ0n) is 31.2. The lowest BCUT2D eigenvalue weighted by molar-refractivity contribution is -0.122. The van der Waals surface area contributed by atoms with Gasteiger partial charge in [0.2, 0.25) is 5.91 Å². The van der Waals surface area contributed by atoms with Crippen molar-refractivity contribution in [3.63, 3.8) is 0 Å². The zero-order valence-corrected chi connectivity index (χ0v) is 32.7. The van der Waals surface area contributed by atoms with Crippen molar-refractivity contribution in [1.29, 1.82) is 0 Å². The van der Waals surface area contributed by atoms with Gasteiger partial charge in [0, 0.05) is 59.5 Å². The number of halogens is 2. The van der Waals surface area contributed by atoms with E-state index in [0.717, 1.165) is 48.9 Å². The number of amidine groups is 1. The third-order valence-corrected chi connectivity index (χ3v) is 11.1. The van der Waals surface area contributed by atoms with Crippen molar-refractivity contribution < 1.29 is 14.3 Å². The summed E-state index contributed by atoms with van der Waals surface area (Å²) in [6.45, 7) is 16.8. The summed E-state index contributed by atoms with van der Waals surface area (Å²) in [5.74, 6) is 1.41. The van der Waals surface area contributed by atoms with E-state index in [1.165, 1.54) is 0 Å². The summed E-state index contributed by atoms with van der Waals surface area (Å²) in [4.78, 5) is 42.1. The number of unbranched alkanes of at least 4 members (excludes halogenated alkanes) is 2. The number of amides is 3. The maximum atomic E-state index is 15.2. The fraction of sp³-hybridized carbons (Fsp3) is 0.512. The molecule has 10 heteroatoms. The van der Waals surface area contributed by atoms with Crippen LogP contribution in [0.5, 0.6) is 5.75 Å². The number of ether oxygens (including phenoxy) is 1. The lowest BCUT2D eigenvalue weighted by Crippen LogP contribution is -2.59. The summed E-state index contributed by atoms with van der Waals surface area (Å²) in [7, 11) is 0. The van der Waals surface area contributed by atoms with Crippen LogP contribution in [0.25, 0.3) is 0 Å². The Morgan fingerprint density at radius 1 is 0.941 bits per heavy atom. The van der Waals surface area contributed by atoms with Crippen LogP contribution in [0.1, 0.15) is 109 Å². The number of aromatic nitrogens is 1. The number of nitrogens with zero attached hydrogens (tertiary/aromatic N) is 4. The summed E-state index contributed by atoms with van der Waals surface area (Å²) in [6.07, 6.45) is 6.98. The van der Waals surface area contributed by atoms with Crippen LogP contribution in [-0.2, 0) is 21.3 Å². The molecule has 0 saturated carbocycles. The molecular weight excluding hydrogens is 681 g/mol. The Balaban J connectivity index is 1.59. The number of urea groups is 1. The van der Waals surface area contributed by atoms with Crippen molar-refractivity contribution in [1.82, 2.24) is 20.1 Å². The number of pyridine rings is 1. The summed E-state index contributed by atoms with van der Waals surface area (Å²) >= 11 is 12.8. The van der Waals surface area contributed by atoms with Gasteiger partial charge >= 0.3 is 6.03 Å². The number of carbonyl (C=O) groups excluding carboxylic acids is 2. The van der Waals surface area contributed by atoms with Crippen LogP contribution >= 0.6 is 23.2 Å². The molecule has 0 bridgehead atoms. The van der Waals surface area contributed by atoms with Gasteiger partial charge in [0.25, 0.3) is 0 Å². The molecule has 3 aromatic rings. The molecule has 51 heavy (non-hydrogen) atoms. The van der Waals surface area contributed by atoms with Crippen molar-refractivity contribution in [2.75, 3.05) is 26.2 Å². The number of hydrogen-bond acceptors (Lipinski definition) is 5. The van der Waals surface area contributed by atoms with Crippen molar-refractivity contribution in [3.05, 3.63) is 93.2 Å². The molecule has 2 aliphatic rings. The minimum atomic E-state index is -1.01. The Kier molecular flexibility index (Phi) is 12.1. The van der Waals surface area contributed by atoms with Gasteiger partial charge in [0.15, 0.2) is 0 Å². The third-order valence-electron chi connectivity index (χ3n) is 10.6. The number of likely N-dealkylation sites (tertiary alicyclic amines) is 1. The van der Waals surface area contributed by atoms with E-state index in [1.807, 2.05) is 71.3 Å². The van der Waals surface area contributed by atoms with E-state index >= 15 is 4.79 Å². The average molecular weight is 735 g/mol. The van der Waals surface area contributed by atoms with Gasteiger partial charge < -0.3 is 15.0 Å². The summed E-state index contributed by atoms with van der Waals surface area (Å²) < 4.78 is 6.29. The number of benzene rings is 2. The average Bonchev–Trinajstić information content (AvgIpc) is 3.34. The number of aliphatic imine (C=N–C) groups is 1. The number of piperidine rings is 1. The SMILES string of the molecule is CCCCCNC(=O)CC1CCN(C(=O)N2C(c3cnc(C(C)(C)C)cc3OCC)=N[C@@](C)(c3ccc(Cl)cc3)[C@@]2(C)c2ccc(Cl)cc2)CC1. The lowest BCUT2D eigenvalue weighted by atomic mass is 9.71. The number of rotatable bonds is 11. The monoisotopic (exact) mass is 733 g/mol. The fourth-order valence-corrected chi connectivity index (χ4v) is 7.52. The van der Waals surface area contributed by atoms with Crippen molar-refractivity contribution in [3.8, 4) is 5.75 Å². The molecule has 0 radical (unpaired) electrons. The van der Waals surface area contributed by atoms with Crippen LogP contribution in [0.4, 0.5) is 4.79 Å². The van der Waals surface area contributed by atoms with Gasteiger partial charge in [0.1, 0.15) is 22.7 Å². The first-order valence-corrected chi connectivity index (χ1v) is 19.1. The van der Waals surface area contributed by atoms with E-state index in [1.54, 1.807) is 6.20 Å². The Hall–Kier alpha value is -3.62. The van der Waals surface area contributed by atoms with Crippen LogP contribution in [0, 0.1) is 5.92 Å². The minimum Gasteiger partial charge on any atom is -0.493 e. The van der Waals surface area contributed by atoms with E-state index in [2.05, 4.69) is 46.9 Å². The van der Waals surface area contributed by atoms with Crippen LogP contribution in [0.3, 0.4) is 0 Å². The van der Waals surface area contributed by atoms with Gasteiger partial charge in [-0.15, -0.1) is 0 Å². The van der Waals surface area contributed by atoms with Gasteiger partial charge in [-0.25, -0.2) is 4.79 Å². The molecule has 0 aliphatic carbocycles. The largest absolute Gasteiger partial charge is 0.493 e. The number of carbonyl (C=O) groups is 2. The van der Waals surface area contributed by atoms with E-state index in [-0.39, 0.29) is 23.3 Å².